The first-order valence-corrected chi connectivity index (χ1v) is 10.1. The van der Waals surface area contributed by atoms with E-state index in [1.54, 1.807) is 56.7 Å². The summed E-state index contributed by atoms with van der Waals surface area (Å²) in [5.41, 5.74) is 0.927. The fraction of sp³-hybridized carbons (Fsp3) is 0.250. The monoisotopic (exact) mass is 433 g/mol. The van der Waals surface area contributed by atoms with Gasteiger partial charge in [-0.25, -0.2) is 4.98 Å². The Labute approximate surface area is 177 Å². The van der Waals surface area contributed by atoms with Gasteiger partial charge in [0.1, 0.15) is 5.75 Å². The number of nitrogens with one attached hydrogen (secondary N) is 1. The van der Waals surface area contributed by atoms with Crippen LogP contribution in [0.15, 0.2) is 52.4 Å². The van der Waals surface area contributed by atoms with Crippen molar-refractivity contribution < 1.29 is 14.3 Å². The molecule has 0 aliphatic carbocycles. The molecule has 0 fully saturated rings. The van der Waals surface area contributed by atoms with Crippen molar-refractivity contribution in [3.63, 3.8) is 0 Å². The molecule has 0 atom stereocenters. The Hall–Kier alpha value is -2.55. The van der Waals surface area contributed by atoms with E-state index in [0.717, 1.165) is 0 Å². The maximum Gasteiger partial charge on any atom is 0.262 e. The SMILES string of the molecule is COCCn1c(SCC(=O)Nc2cccc(OC)c2)nc2cc(Cl)ccc2c1=O. The molecule has 29 heavy (non-hydrogen) atoms. The summed E-state index contributed by atoms with van der Waals surface area (Å²) in [4.78, 5) is 29.8. The molecule has 0 bridgehead atoms. The second kappa shape index (κ2) is 9.78. The first-order valence-electron chi connectivity index (χ1n) is 8.77. The summed E-state index contributed by atoms with van der Waals surface area (Å²) in [7, 11) is 3.13. The highest BCUT2D eigenvalue weighted by Gasteiger charge is 2.14. The third-order valence-corrected chi connectivity index (χ3v) is 5.30. The normalized spacial score (nSPS) is 10.9. The topological polar surface area (TPSA) is 82.4 Å². The summed E-state index contributed by atoms with van der Waals surface area (Å²) < 4.78 is 11.8. The predicted octanol–water partition coefficient (Wildman–Crippen LogP) is 3.44. The molecule has 3 aromatic rings. The highest BCUT2D eigenvalue weighted by molar-refractivity contribution is 7.99. The van der Waals surface area contributed by atoms with Crippen LogP contribution in [-0.2, 0) is 16.1 Å². The number of amides is 1. The van der Waals surface area contributed by atoms with Gasteiger partial charge in [-0.05, 0) is 30.3 Å². The van der Waals surface area contributed by atoms with Crippen molar-refractivity contribution in [1.29, 1.82) is 0 Å². The lowest BCUT2D eigenvalue weighted by molar-refractivity contribution is -0.113. The summed E-state index contributed by atoms with van der Waals surface area (Å²) in [6, 6.07) is 12.0. The number of carbonyl (C=O) groups excluding carboxylic acids is 1. The van der Waals surface area contributed by atoms with Crippen LogP contribution in [0.25, 0.3) is 10.9 Å². The van der Waals surface area contributed by atoms with Crippen LogP contribution >= 0.6 is 23.4 Å². The Morgan fingerprint density at radius 1 is 1.24 bits per heavy atom. The first-order chi connectivity index (χ1) is 14.0. The lowest BCUT2D eigenvalue weighted by atomic mass is 10.2. The smallest absolute Gasteiger partial charge is 0.262 e. The molecule has 3 rings (SSSR count). The molecule has 0 saturated carbocycles. The van der Waals surface area contributed by atoms with Gasteiger partial charge in [0.05, 0.1) is 36.9 Å². The Kier molecular flexibility index (Phi) is 7.13. The molecule has 0 spiro atoms. The Morgan fingerprint density at radius 2 is 2.07 bits per heavy atom. The third-order valence-electron chi connectivity index (χ3n) is 4.09. The molecule has 1 N–H and O–H groups in total. The molecule has 1 heterocycles. The van der Waals surface area contributed by atoms with E-state index in [1.165, 1.54) is 16.3 Å². The molecule has 9 heteroatoms. The van der Waals surface area contributed by atoms with Crippen LogP contribution in [0.4, 0.5) is 5.69 Å². The van der Waals surface area contributed by atoms with Crippen LogP contribution in [0.1, 0.15) is 0 Å². The number of methoxy groups -OCH3 is 2. The molecule has 1 amide bonds. The van der Waals surface area contributed by atoms with Gasteiger partial charge in [-0.15, -0.1) is 0 Å². The predicted molar refractivity (Wildman–Crippen MR) is 115 cm³/mol. The van der Waals surface area contributed by atoms with Crippen molar-refractivity contribution >= 4 is 45.9 Å². The van der Waals surface area contributed by atoms with Gasteiger partial charge in [-0.1, -0.05) is 29.4 Å². The number of anilines is 1. The summed E-state index contributed by atoms with van der Waals surface area (Å²) >= 11 is 7.22. The zero-order chi connectivity index (χ0) is 20.8. The number of rotatable bonds is 8. The molecular formula is C20H20ClN3O4S. The number of ether oxygens (including phenoxy) is 2. The minimum atomic E-state index is -0.220. The van der Waals surface area contributed by atoms with E-state index in [2.05, 4.69) is 10.3 Å². The fourth-order valence-electron chi connectivity index (χ4n) is 2.69. The standard InChI is InChI=1S/C20H20ClN3O4S/c1-27-9-8-24-19(26)16-7-6-13(21)10-17(16)23-20(24)29-12-18(25)22-14-4-3-5-15(11-14)28-2/h3-7,10-11H,8-9,12H2,1-2H3,(H,22,25). The second-order valence-corrected chi connectivity index (χ2v) is 7.45. The maximum atomic E-state index is 12.9. The maximum absolute atomic E-state index is 12.9. The molecule has 0 aliphatic rings. The van der Waals surface area contributed by atoms with Gasteiger partial charge < -0.3 is 14.8 Å². The summed E-state index contributed by atoms with van der Waals surface area (Å²) in [5.74, 6) is 0.516. The molecule has 0 aliphatic heterocycles. The van der Waals surface area contributed by atoms with Gasteiger partial charge in [-0.2, -0.15) is 0 Å². The van der Waals surface area contributed by atoms with E-state index in [-0.39, 0.29) is 17.2 Å². The number of halogens is 1. The van der Waals surface area contributed by atoms with Crippen LogP contribution < -0.4 is 15.6 Å². The average Bonchev–Trinajstić information content (AvgIpc) is 2.71. The number of aromatic nitrogens is 2. The van der Waals surface area contributed by atoms with Crippen molar-refractivity contribution in [2.45, 2.75) is 11.7 Å². The molecule has 1 aromatic heterocycles. The molecule has 0 radical (unpaired) electrons. The van der Waals surface area contributed by atoms with Crippen molar-refractivity contribution in [2.75, 3.05) is 31.9 Å². The molecule has 7 nitrogen and oxygen atoms in total. The first kappa shape index (κ1) is 21.2. The van der Waals surface area contributed by atoms with Crippen LogP contribution in [0, 0.1) is 0 Å². The number of fused-ring (bicyclic) bond motifs is 1. The number of thioether (sulfide) groups is 1. The zero-order valence-corrected chi connectivity index (χ0v) is 17.5. The number of nitrogens with zero attached hydrogens (tertiary/aromatic N) is 2. The van der Waals surface area contributed by atoms with Gasteiger partial charge in [0.2, 0.25) is 5.91 Å². The number of benzene rings is 2. The van der Waals surface area contributed by atoms with Gasteiger partial charge in [0.25, 0.3) is 5.56 Å². The zero-order valence-electron chi connectivity index (χ0n) is 16.0. The minimum Gasteiger partial charge on any atom is -0.497 e. The highest BCUT2D eigenvalue weighted by atomic mass is 35.5. The quantitative estimate of drug-likeness (QED) is 0.433. The number of hydrogen-bond donors (Lipinski definition) is 1. The Balaban J connectivity index is 1.82. The molecule has 0 saturated heterocycles. The van der Waals surface area contributed by atoms with Crippen molar-refractivity contribution in [3.05, 3.63) is 57.8 Å². The van der Waals surface area contributed by atoms with Gasteiger partial charge >= 0.3 is 0 Å². The van der Waals surface area contributed by atoms with Gasteiger partial charge in [0.15, 0.2) is 5.16 Å². The average molecular weight is 434 g/mol. The highest BCUT2D eigenvalue weighted by Crippen LogP contribution is 2.21. The Bertz CT molecular complexity index is 1090. The summed E-state index contributed by atoms with van der Waals surface area (Å²) in [6.07, 6.45) is 0. The van der Waals surface area contributed by atoms with Crippen molar-refractivity contribution in [1.82, 2.24) is 9.55 Å². The van der Waals surface area contributed by atoms with E-state index in [1.807, 2.05) is 0 Å². The van der Waals surface area contributed by atoms with Crippen molar-refractivity contribution in [2.24, 2.45) is 0 Å². The van der Waals surface area contributed by atoms with Gasteiger partial charge in [-0.3, -0.25) is 14.2 Å². The summed E-state index contributed by atoms with van der Waals surface area (Å²) in [6.45, 7) is 0.686. The lowest BCUT2D eigenvalue weighted by Crippen LogP contribution is -2.26. The third kappa shape index (κ3) is 5.29. The fourth-order valence-corrected chi connectivity index (χ4v) is 3.68. The molecule has 152 valence electrons. The van der Waals surface area contributed by atoms with Crippen molar-refractivity contribution in [3.8, 4) is 5.75 Å². The molecular weight excluding hydrogens is 414 g/mol. The minimum absolute atomic E-state index is 0.0860. The Morgan fingerprint density at radius 3 is 2.83 bits per heavy atom. The lowest BCUT2D eigenvalue weighted by Gasteiger charge is -2.13. The van der Waals surface area contributed by atoms with Crippen LogP contribution in [0.3, 0.4) is 0 Å². The number of hydrogen-bond acceptors (Lipinski definition) is 6. The second-order valence-electron chi connectivity index (χ2n) is 6.07. The van der Waals surface area contributed by atoms with E-state index < -0.39 is 0 Å². The van der Waals surface area contributed by atoms with Crippen LogP contribution in [0.5, 0.6) is 5.75 Å². The molecule has 0 unspecified atom stereocenters. The summed E-state index contributed by atoms with van der Waals surface area (Å²) in [5, 5.41) is 4.20. The largest absolute Gasteiger partial charge is 0.497 e. The van der Waals surface area contributed by atoms with E-state index in [4.69, 9.17) is 21.1 Å². The van der Waals surface area contributed by atoms with E-state index >= 15 is 0 Å². The van der Waals surface area contributed by atoms with E-state index in [9.17, 15) is 9.59 Å². The number of carbonyl (C=O) groups is 1. The van der Waals surface area contributed by atoms with Gasteiger partial charge in [0, 0.05) is 23.9 Å². The van der Waals surface area contributed by atoms with E-state index in [0.29, 0.717) is 45.7 Å². The molecule has 2 aromatic carbocycles. The van der Waals surface area contributed by atoms with Crippen LogP contribution in [0.2, 0.25) is 5.02 Å². The van der Waals surface area contributed by atoms with Crippen LogP contribution in [-0.4, -0.2) is 42.0 Å².